The van der Waals surface area contributed by atoms with Gasteiger partial charge < -0.3 is 29.5 Å². The van der Waals surface area contributed by atoms with Crippen LogP contribution in [-0.2, 0) is 31.2 Å². The number of hydrogen-bond acceptors (Lipinski definition) is 8. The number of carbonyl (C=O) groups is 2. The molecule has 5 heterocycles. The molecular formula is C60H72F2N8O4. The van der Waals surface area contributed by atoms with E-state index in [1.165, 1.54) is 49.9 Å². The smallest absolute Gasteiger partial charge is 0.264 e. The van der Waals surface area contributed by atoms with Crippen molar-refractivity contribution in [3.63, 3.8) is 0 Å². The first-order valence-electron chi connectivity index (χ1n) is 27.0. The van der Waals surface area contributed by atoms with Crippen LogP contribution in [0.5, 0.6) is 11.5 Å². The number of nitrogens with one attached hydrogen (secondary N) is 1. The molecule has 1 spiro atoms. The molecule has 3 aliphatic carbocycles. The Morgan fingerprint density at radius 2 is 1.62 bits per heavy atom. The van der Waals surface area contributed by atoms with Gasteiger partial charge in [0.25, 0.3) is 12.3 Å². The molecule has 0 unspecified atom stereocenters. The van der Waals surface area contributed by atoms with E-state index in [0.29, 0.717) is 64.7 Å². The first-order chi connectivity index (χ1) is 35.5. The number of terminal acetylenes is 1. The number of ether oxygens (including phenoxy) is 2. The lowest BCUT2D eigenvalue weighted by molar-refractivity contribution is -0.164. The topological polar surface area (TPSA) is 110 Å². The highest BCUT2D eigenvalue weighted by Crippen LogP contribution is 2.56. The summed E-state index contributed by atoms with van der Waals surface area (Å²) in [6.45, 7) is 14.2. The van der Waals surface area contributed by atoms with Gasteiger partial charge >= 0.3 is 0 Å². The van der Waals surface area contributed by atoms with E-state index in [1.807, 2.05) is 41.3 Å². The molecule has 2 amide bonds. The van der Waals surface area contributed by atoms with Crippen molar-refractivity contribution in [1.29, 1.82) is 0 Å². The van der Waals surface area contributed by atoms with Gasteiger partial charge in [0.05, 0.1) is 31.5 Å². The summed E-state index contributed by atoms with van der Waals surface area (Å²) in [4.78, 5) is 33.0. The third kappa shape index (κ3) is 8.79. The third-order valence-corrected chi connectivity index (χ3v) is 18.5. The first-order valence-corrected chi connectivity index (χ1v) is 27.0. The van der Waals surface area contributed by atoms with Gasteiger partial charge in [-0.25, -0.2) is 8.78 Å². The molecular weight excluding hydrogens is 935 g/mol. The van der Waals surface area contributed by atoms with E-state index in [0.717, 1.165) is 73.7 Å². The molecule has 0 atom stereocenters. The molecule has 3 saturated carbocycles. The molecule has 2 aromatic heterocycles. The largest absolute Gasteiger partial charge is 0.495 e. The van der Waals surface area contributed by atoms with Crippen molar-refractivity contribution in [2.24, 2.45) is 35.1 Å². The van der Waals surface area contributed by atoms with Crippen LogP contribution in [0.15, 0.2) is 67.0 Å². The van der Waals surface area contributed by atoms with Crippen LogP contribution in [0.2, 0.25) is 0 Å². The number of aryl methyl sites for hydroxylation is 2. The van der Waals surface area contributed by atoms with Gasteiger partial charge in [0.2, 0.25) is 5.91 Å². The lowest BCUT2D eigenvalue weighted by atomic mass is 9.49. The lowest BCUT2D eigenvalue weighted by Gasteiger charge is -2.63. The van der Waals surface area contributed by atoms with Crippen LogP contribution in [0.3, 0.4) is 0 Å². The molecule has 3 aliphatic heterocycles. The summed E-state index contributed by atoms with van der Waals surface area (Å²) in [7, 11) is 3.40. The van der Waals surface area contributed by atoms with E-state index in [-0.39, 0.29) is 46.4 Å². The normalized spacial score (nSPS) is 23.8. The van der Waals surface area contributed by atoms with Crippen molar-refractivity contribution in [2.45, 2.75) is 136 Å². The fourth-order valence-corrected chi connectivity index (χ4v) is 14.7. The minimum atomic E-state index is -2.65. The summed E-state index contributed by atoms with van der Waals surface area (Å²) < 4.78 is 45.6. The molecule has 5 aromatic rings. The molecule has 0 bridgehead atoms. The van der Waals surface area contributed by atoms with Gasteiger partial charge in [0.15, 0.2) is 5.82 Å². The fraction of sp³-hybridized carbons (Fsp3) is 0.533. The number of halogens is 2. The van der Waals surface area contributed by atoms with Crippen LogP contribution in [0.4, 0.5) is 26.0 Å². The van der Waals surface area contributed by atoms with Crippen molar-refractivity contribution < 1.29 is 27.8 Å². The molecule has 12 nitrogen and oxygen atoms in total. The second-order valence-corrected chi connectivity index (χ2v) is 23.8. The zero-order chi connectivity index (χ0) is 51.8. The van der Waals surface area contributed by atoms with Gasteiger partial charge in [-0.15, -0.1) is 6.42 Å². The number of carbonyl (C=O) groups excluding carboxylic acids is 2. The number of anilines is 3. The molecule has 74 heavy (non-hydrogen) atoms. The van der Waals surface area contributed by atoms with Gasteiger partial charge in [0, 0.05) is 120 Å². The standard InChI is InChI=1S/C60H72F2N8O4/c1-9-38-16-21-46(30-52(38)73-8)74-57-58(3,4)56(59(57,5)6)64-55(72)41-14-17-44(18-15-41)68-35-60(36-68)25-22-40(23-26-60)39-12-19-45(20-13-39)70-50-24-28-67(37(2)71)34-49(50)54(65-70)69-27-10-11-42-29-47(43-32-63-66(7)33-43)48(53(61)62)31-51(42)69/h1,14-18,21,29-33,39-40,45,53,56-57H,10-13,19-20,22-28,34-36H2,2-8H3,(H,64,72). The molecule has 390 valence electrons. The highest BCUT2D eigenvalue weighted by atomic mass is 19.3. The highest BCUT2D eigenvalue weighted by Gasteiger charge is 2.64. The van der Waals surface area contributed by atoms with Gasteiger partial charge in [-0.1, -0.05) is 33.6 Å². The summed E-state index contributed by atoms with van der Waals surface area (Å²) in [5.41, 5.74) is 7.55. The van der Waals surface area contributed by atoms with Crippen molar-refractivity contribution in [3.05, 3.63) is 101 Å². The van der Waals surface area contributed by atoms with Gasteiger partial charge in [-0.05, 0) is 136 Å². The second-order valence-electron chi connectivity index (χ2n) is 23.8. The second kappa shape index (κ2) is 19.1. The molecule has 1 saturated heterocycles. The number of benzene rings is 3. The van der Waals surface area contributed by atoms with Crippen molar-refractivity contribution >= 4 is 29.0 Å². The van der Waals surface area contributed by atoms with Crippen molar-refractivity contribution in [3.8, 4) is 35.0 Å². The van der Waals surface area contributed by atoms with Crippen LogP contribution in [0, 0.1) is 40.4 Å². The van der Waals surface area contributed by atoms with E-state index in [4.69, 9.17) is 21.0 Å². The Bertz CT molecular complexity index is 2970. The predicted octanol–water partition coefficient (Wildman–Crippen LogP) is 11.2. The van der Waals surface area contributed by atoms with E-state index < -0.39 is 6.43 Å². The van der Waals surface area contributed by atoms with E-state index in [2.05, 4.69) is 70.6 Å². The fourth-order valence-electron chi connectivity index (χ4n) is 14.7. The maximum Gasteiger partial charge on any atom is 0.264 e. The summed E-state index contributed by atoms with van der Waals surface area (Å²) in [6.07, 6.45) is 18.3. The molecule has 11 rings (SSSR count). The number of methoxy groups -OCH3 is 1. The zero-order valence-electron chi connectivity index (χ0n) is 44.2. The van der Waals surface area contributed by atoms with Crippen LogP contribution in [-0.4, -0.2) is 81.7 Å². The Morgan fingerprint density at radius 1 is 0.905 bits per heavy atom. The van der Waals surface area contributed by atoms with Gasteiger partial charge in [-0.2, -0.15) is 10.2 Å². The summed E-state index contributed by atoms with van der Waals surface area (Å²) in [5, 5.41) is 13.1. The summed E-state index contributed by atoms with van der Waals surface area (Å²) in [5.74, 6) is 6.17. The van der Waals surface area contributed by atoms with Gasteiger partial charge in [0.1, 0.15) is 17.6 Å². The number of amides is 2. The third-order valence-electron chi connectivity index (χ3n) is 18.5. The average molecular weight is 1010 g/mol. The maximum absolute atomic E-state index is 14.8. The maximum atomic E-state index is 14.8. The average Bonchev–Trinajstić information content (AvgIpc) is 4.02. The van der Waals surface area contributed by atoms with Crippen molar-refractivity contribution in [2.75, 3.05) is 43.1 Å². The highest BCUT2D eigenvalue weighted by molar-refractivity contribution is 5.95. The number of nitrogens with zero attached hydrogens (tertiary/aromatic N) is 7. The minimum absolute atomic E-state index is 0.00390. The SMILES string of the molecule is C#Cc1ccc(OC2C(C)(C)C(NC(=O)c3ccc(N4CC5(CCC(C6CCC(n7nc(N8CCCc9cc(-c%10cnn(C)c%10)c(C(F)F)cc98)c8c7CCN(C(C)=O)C8)CC6)CC5)C4)cc3)C2(C)C)cc1OC. The van der Waals surface area contributed by atoms with E-state index in [9.17, 15) is 18.4 Å². The predicted molar refractivity (Wildman–Crippen MR) is 284 cm³/mol. The zero-order valence-corrected chi connectivity index (χ0v) is 44.2. The lowest BCUT2D eigenvalue weighted by Crippen LogP contribution is -2.74. The van der Waals surface area contributed by atoms with Crippen LogP contribution in [0.25, 0.3) is 11.1 Å². The molecule has 0 radical (unpaired) electrons. The Hall–Kier alpha value is -6.36. The number of alkyl halides is 2. The number of rotatable bonds is 11. The monoisotopic (exact) mass is 1010 g/mol. The number of aromatic nitrogens is 4. The summed E-state index contributed by atoms with van der Waals surface area (Å²) in [6, 6.07) is 17.5. The Morgan fingerprint density at radius 3 is 2.27 bits per heavy atom. The first kappa shape index (κ1) is 49.8. The van der Waals surface area contributed by atoms with Crippen LogP contribution < -0.4 is 24.6 Å². The quantitative estimate of drug-likeness (QED) is 0.130. The van der Waals surface area contributed by atoms with E-state index in [1.54, 1.807) is 44.2 Å². The number of hydrogen-bond donors (Lipinski definition) is 1. The molecule has 1 N–H and O–H groups in total. The minimum Gasteiger partial charge on any atom is -0.495 e. The van der Waals surface area contributed by atoms with E-state index >= 15 is 0 Å². The number of fused-ring (bicyclic) bond motifs is 2. The Kier molecular flexibility index (Phi) is 12.9. The van der Waals surface area contributed by atoms with Crippen LogP contribution in [0.1, 0.15) is 143 Å². The molecule has 14 heteroatoms. The molecule has 4 fully saturated rings. The van der Waals surface area contributed by atoms with Crippen LogP contribution >= 0.6 is 0 Å². The summed E-state index contributed by atoms with van der Waals surface area (Å²) >= 11 is 0. The Balaban J connectivity index is 0.694. The Labute approximate surface area is 435 Å². The molecule has 6 aliphatic rings. The van der Waals surface area contributed by atoms with Crippen molar-refractivity contribution in [1.82, 2.24) is 29.8 Å². The molecule has 3 aromatic carbocycles. The van der Waals surface area contributed by atoms with Gasteiger partial charge in [-0.3, -0.25) is 19.0 Å².